The van der Waals surface area contributed by atoms with E-state index in [1.807, 2.05) is 37.3 Å². The number of unbranched alkanes of at least 4 members (excludes halogenated alkanes) is 2. The number of nitrogens with one attached hydrogen (secondary N) is 2. The highest BCUT2D eigenvalue weighted by Crippen LogP contribution is 2.45. The van der Waals surface area contributed by atoms with Gasteiger partial charge in [0, 0.05) is 17.6 Å². The Morgan fingerprint density at radius 2 is 2.10 bits per heavy atom. The first-order valence-corrected chi connectivity index (χ1v) is 9.85. The summed E-state index contributed by atoms with van der Waals surface area (Å²) in [5.41, 5.74) is 3.81. The van der Waals surface area contributed by atoms with E-state index in [0.29, 0.717) is 12.1 Å². The summed E-state index contributed by atoms with van der Waals surface area (Å²) in [5.74, 6) is -1.15. The number of fused-ring (bicyclic) bond motifs is 1. The third-order valence-electron chi connectivity index (χ3n) is 4.76. The maximum Gasteiger partial charge on any atom is 0.280 e. The molecule has 0 bridgehead atoms. The van der Waals surface area contributed by atoms with E-state index in [1.165, 1.54) is 0 Å². The number of amides is 1. The number of ether oxygens (including phenoxy) is 1. The lowest BCUT2D eigenvalue weighted by molar-refractivity contribution is -0.133. The normalized spacial score (nSPS) is 19.0. The molecule has 3 rings (SSSR count). The number of benzene rings is 1. The lowest BCUT2D eigenvalue weighted by atomic mass is 9.93. The highest BCUT2D eigenvalue weighted by molar-refractivity contribution is 6.09. The van der Waals surface area contributed by atoms with E-state index in [0.717, 1.165) is 23.7 Å². The second-order valence-corrected chi connectivity index (χ2v) is 7.39. The SMILES string of the molecule is CCCCCC1(O)OC(=C=O)C(C(=O)NOC(C)C)=C1c1cc2ccccc2[nH]1. The number of aromatic nitrogens is 1. The standard InChI is InChI=1S/C22H26N2O5/c1-4-5-8-11-22(27)20(17-12-15-9-6-7-10-16(15)23-17)19(18(13-25)28-22)21(26)24-29-14(2)3/h6-7,9-10,12,14,23,27H,4-5,8,11H2,1-3H3,(H,24,26). The van der Waals surface area contributed by atoms with Gasteiger partial charge in [-0.05, 0) is 37.8 Å². The fraction of sp³-hybridized carbons (Fsp3) is 0.409. The zero-order valence-electron chi connectivity index (χ0n) is 16.9. The number of carbonyl (C=O) groups is 1. The van der Waals surface area contributed by atoms with E-state index < -0.39 is 11.7 Å². The molecule has 1 aromatic carbocycles. The molecule has 7 heteroatoms. The molecule has 1 aliphatic heterocycles. The monoisotopic (exact) mass is 398 g/mol. The lowest BCUT2D eigenvalue weighted by Crippen LogP contribution is -2.31. The van der Waals surface area contributed by atoms with Crippen LogP contribution in [0.1, 0.15) is 52.1 Å². The Bertz CT molecular complexity index is 951. The molecule has 1 atom stereocenters. The quantitative estimate of drug-likeness (QED) is 0.359. The smallest absolute Gasteiger partial charge is 0.280 e. The number of hydrogen-bond donors (Lipinski definition) is 3. The predicted octanol–water partition coefficient (Wildman–Crippen LogP) is 3.39. The Balaban J connectivity index is 2.13. The largest absolute Gasteiger partial charge is 0.446 e. The van der Waals surface area contributed by atoms with Crippen molar-refractivity contribution in [2.45, 2.75) is 58.3 Å². The molecule has 2 heterocycles. The van der Waals surface area contributed by atoms with Gasteiger partial charge in [0.15, 0.2) is 5.94 Å². The van der Waals surface area contributed by atoms with Crippen LogP contribution in [-0.4, -0.2) is 33.8 Å². The van der Waals surface area contributed by atoms with E-state index in [-0.39, 0.29) is 29.4 Å². The summed E-state index contributed by atoms with van der Waals surface area (Å²) in [6.45, 7) is 5.57. The van der Waals surface area contributed by atoms with Crippen molar-refractivity contribution in [2.24, 2.45) is 0 Å². The van der Waals surface area contributed by atoms with Gasteiger partial charge in [0.1, 0.15) is 5.57 Å². The summed E-state index contributed by atoms with van der Waals surface area (Å²) in [6, 6.07) is 9.41. The minimum Gasteiger partial charge on any atom is -0.446 e. The van der Waals surface area contributed by atoms with Gasteiger partial charge in [-0.3, -0.25) is 9.63 Å². The summed E-state index contributed by atoms with van der Waals surface area (Å²) < 4.78 is 5.59. The molecule has 154 valence electrons. The van der Waals surface area contributed by atoms with Crippen LogP contribution in [0.25, 0.3) is 16.5 Å². The minimum absolute atomic E-state index is 0.0776. The minimum atomic E-state index is -1.81. The van der Waals surface area contributed by atoms with Gasteiger partial charge in [0.2, 0.25) is 11.5 Å². The summed E-state index contributed by atoms with van der Waals surface area (Å²) in [7, 11) is 0. The van der Waals surface area contributed by atoms with Crippen LogP contribution >= 0.6 is 0 Å². The Labute approximate surface area is 169 Å². The predicted molar refractivity (Wildman–Crippen MR) is 109 cm³/mol. The first kappa shape index (κ1) is 20.9. The highest BCUT2D eigenvalue weighted by atomic mass is 16.7. The molecule has 0 saturated carbocycles. The molecular weight excluding hydrogens is 372 g/mol. The number of H-pyrrole nitrogens is 1. The molecule has 7 nitrogen and oxygen atoms in total. The Morgan fingerprint density at radius 3 is 2.76 bits per heavy atom. The second kappa shape index (κ2) is 8.66. The maximum atomic E-state index is 12.8. The summed E-state index contributed by atoms with van der Waals surface area (Å²) in [5, 5.41) is 12.2. The third-order valence-corrected chi connectivity index (χ3v) is 4.76. The summed E-state index contributed by atoms with van der Waals surface area (Å²) in [6.07, 6.45) is 2.47. The van der Waals surface area contributed by atoms with Gasteiger partial charge in [-0.1, -0.05) is 38.0 Å². The topological polar surface area (TPSA) is 101 Å². The Morgan fingerprint density at radius 1 is 1.34 bits per heavy atom. The zero-order chi connectivity index (χ0) is 21.0. The summed E-state index contributed by atoms with van der Waals surface area (Å²) in [4.78, 5) is 32.8. The van der Waals surface area contributed by atoms with Crippen molar-refractivity contribution in [2.75, 3.05) is 0 Å². The molecule has 1 unspecified atom stereocenters. The first-order chi connectivity index (χ1) is 13.9. The average molecular weight is 398 g/mol. The molecule has 1 aromatic heterocycles. The van der Waals surface area contributed by atoms with E-state index in [9.17, 15) is 14.7 Å². The number of para-hydroxylation sites is 1. The van der Waals surface area contributed by atoms with Crippen LogP contribution in [0.15, 0.2) is 41.7 Å². The maximum absolute atomic E-state index is 12.8. The Kier molecular flexibility index (Phi) is 6.23. The molecule has 1 aliphatic rings. The number of aromatic amines is 1. The molecule has 0 radical (unpaired) electrons. The molecule has 0 saturated heterocycles. The van der Waals surface area contributed by atoms with Gasteiger partial charge in [-0.2, -0.15) is 0 Å². The van der Waals surface area contributed by atoms with E-state index in [1.54, 1.807) is 19.8 Å². The molecular formula is C22H26N2O5. The molecule has 0 fully saturated rings. The number of hydrogen-bond acceptors (Lipinski definition) is 5. The lowest BCUT2D eigenvalue weighted by Gasteiger charge is -2.25. The molecule has 0 aliphatic carbocycles. The van der Waals surface area contributed by atoms with E-state index in [4.69, 9.17) is 9.57 Å². The third kappa shape index (κ3) is 4.27. The van der Waals surface area contributed by atoms with Crippen LogP contribution in [0.4, 0.5) is 0 Å². The van der Waals surface area contributed by atoms with Crippen molar-refractivity contribution in [3.63, 3.8) is 0 Å². The van der Waals surface area contributed by atoms with E-state index in [2.05, 4.69) is 10.5 Å². The highest BCUT2D eigenvalue weighted by Gasteiger charge is 2.48. The summed E-state index contributed by atoms with van der Waals surface area (Å²) >= 11 is 0. The van der Waals surface area contributed by atoms with Gasteiger partial charge >= 0.3 is 0 Å². The van der Waals surface area contributed by atoms with Crippen molar-refractivity contribution in [3.8, 4) is 0 Å². The van der Waals surface area contributed by atoms with Crippen LogP contribution in [0, 0.1) is 0 Å². The van der Waals surface area contributed by atoms with E-state index >= 15 is 0 Å². The number of carbonyl (C=O) groups excluding carboxylic acids is 2. The fourth-order valence-electron chi connectivity index (χ4n) is 3.43. The molecule has 29 heavy (non-hydrogen) atoms. The number of rotatable bonds is 8. The van der Waals surface area contributed by atoms with Crippen LogP contribution in [0.5, 0.6) is 0 Å². The van der Waals surface area contributed by atoms with Crippen molar-refractivity contribution < 1.29 is 24.3 Å². The average Bonchev–Trinajstić information content (AvgIpc) is 3.24. The van der Waals surface area contributed by atoms with Gasteiger partial charge < -0.3 is 14.8 Å². The van der Waals surface area contributed by atoms with Crippen LogP contribution < -0.4 is 5.48 Å². The van der Waals surface area contributed by atoms with Crippen LogP contribution in [0.3, 0.4) is 0 Å². The zero-order valence-corrected chi connectivity index (χ0v) is 16.9. The number of aliphatic hydroxyl groups is 1. The van der Waals surface area contributed by atoms with Crippen molar-refractivity contribution in [3.05, 3.63) is 47.4 Å². The van der Waals surface area contributed by atoms with Crippen molar-refractivity contribution in [1.29, 1.82) is 0 Å². The van der Waals surface area contributed by atoms with Crippen molar-refractivity contribution in [1.82, 2.24) is 10.5 Å². The van der Waals surface area contributed by atoms with Gasteiger partial charge in [0.05, 0.1) is 11.7 Å². The Hall–Kier alpha value is -2.86. The van der Waals surface area contributed by atoms with Crippen LogP contribution in [0.2, 0.25) is 0 Å². The molecule has 2 aromatic rings. The van der Waals surface area contributed by atoms with Gasteiger partial charge in [-0.25, -0.2) is 10.3 Å². The first-order valence-electron chi connectivity index (χ1n) is 9.85. The van der Waals surface area contributed by atoms with Gasteiger partial charge in [-0.15, -0.1) is 0 Å². The van der Waals surface area contributed by atoms with Crippen molar-refractivity contribution >= 4 is 28.3 Å². The van der Waals surface area contributed by atoms with Crippen LogP contribution in [-0.2, 0) is 19.2 Å². The second-order valence-electron chi connectivity index (χ2n) is 7.39. The molecule has 3 N–H and O–H groups in total. The molecule has 0 spiro atoms. The van der Waals surface area contributed by atoms with Gasteiger partial charge in [0.25, 0.3) is 5.91 Å². The molecule has 1 amide bonds. The fourth-order valence-corrected chi connectivity index (χ4v) is 3.43. The number of hydroxylamine groups is 1.